The van der Waals surface area contributed by atoms with Gasteiger partial charge >= 0.3 is 5.97 Å². The number of ether oxygens (including phenoxy) is 1. The number of aromatic nitrogens is 1. The third-order valence-electron chi connectivity index (χ3n) is 5.09. The molecule has 2 N–H and O–H groups in total. The fourth-order valence-corrected chi connectivity index (χ4v) is 4.62. The average molecular weight is 457 g/mol. The molecule has 0 aliphatic rings. The topological polar surface area (TPSA) is 122 Å². The first-order valence-corrected chi connectivity index (χ1v) is 11.5. The summed E-state index contributed by atoms with van der Waals surface area (Å²) in [6, 6.07) is 12.2. The predicted octanol–water partition coefficient (Wildman–Crippen LogP) is 3.08. The molecule has 3 aromatic rings. The Morgan fingerprint density at radius 3 is 2.38 bits per heavy atom. The summed E-state index contributed by atoms with van der Waals surface area (Å²) >= 11 is 0. The van der Waals surface area contributed by atoms with E-state index >= 15 is 0 Å². The lowest BCUT2D eigenvalue weighted by molar-refractivity contribution is -0.142. The van der Waals surface area contributed by atoms with E-state index in [-0.39, 0.29) is 29.3 Å². The molecular formula is C23H24N2O6S. The third-order valence-corrected chi connectivity index (χ3v) is 6.54. The molecule has 0 atom stereocenters. The van der Waals surface area contributed by atoms with Crippen LogP contribution in [0.15, 0.2) is 47.4 Å². The average Bonchev–Trinajstić information content (AvgIpc) is 3.05. The fourth-order valence-electron chi connectivity index (χ4n) is 3.55. The van der Waals surface area contributed by atoms with Crippen LogP contribution in [0.5, 0.6) is 0 Å². The predicted molar refractivity (Wildman–Crippen MR) is 119 cm³/mol. The van der Waals surface area contributed by atoms with Crippen molar-refractivity contribution in [3.63, 3.8) is 0 Å². The number of fused-ring (bicyclic) bond motifs is 1. The number of H-pyrrole nitrogens is 1. The normalized spacial score (nSPS) is 11.5. The fraction of sp³-hybridized carbons (Fsp3) is 0.261. The molecule has 2 aromatic carbocycles. The van der Waals surface area contributed by atoms with Crippen LogP contribution in [0, 0.1) is 13.8 Å². The Morgan fingerprint density at radius 1 is 1.03 bits per heavy atom. The summed E-state index contributed by atoms with van der Waals surface area (Å²) in [5.74, 6) is -1.35. The summed E-state index contributed by atoms with van der Waals surface area (Å²) in [6.07, 6.45) is -0.235. The lowest BCUT2D eigenvalue weighted by Crippen LogP contribution is -2.27. The molecule has 0 amide bonds. The highest BCUT2D eigenvalue weighted by Gasteiger charge is 2.21. The van der Waals surface area contributed by atoms with E-state index in [0.29, 0.717) is 16.8 Å². The maximum absolute atomic E-state index is 12.5. The van der Waals surface area contributed by atoms with Crippen molar-refractivity contribution in [2.24, 2.45) is 0 Å². The van der Waals surface area contributed by atoms with Crippen molar-refractivity contribution < 1.29 is 27.5 Å². The molecule has 0 aliphatic carbocycles. The zero-order valence-electron chi connectivity index (χ0n) is 18.0. The number of benzene rings is 2. The Morgan fingerprint density at radius 2 is 1.72 bits per heavy atom. The summed E-state index contributed by atoms with van der Waals surface area (Å²) in [4.78, 5) is 39.0. The Hall–Kier alpha value is -3.30. The monoisotopic (exact) mass is 456 g/mol. The Kier molecular flexibility index (Phi) is 6.90. The molecule has 0 spiro atoms. The molecule has 32 heavy (non-hydrogen) atoms. The smallest absolute Gasteiger partial charge is 0.307 e. The van der Waals surface area contributed by atoms with E-state index in [0.717, 1.165) is 10.8 Å². The quantitative estimate of drug-likeness (QED) is 0.377. The molecule has 8 nitrogen and oxygen atoms in total. The summed E-state index contributed by atoms with van der Waals surface area (Å²) < 4.78 is 32.3. The van der Waals surface area contributed by atoms with Crippen molar-refractivity contribution in [3.05, 3.63) is 65.0 Å². The van der Waals surface area contributed by atoms with Crippen molar-refractivity contribution >= 4 is 38.3 Å². The number of hydrogen-bond donors (Lipinski definition) is 2. The van der Waals surface area contributed by atoms with E-state index in [1.165, 1.54) is 13.0 Å². The van der Waals surface area contributed by atoms with Gasteiger partial charge in [0.15, 0.2) is 12.4 Å². The van der Waals surface area contributed by atoms with Gasteiger partial charge in [-0.25, -0.2) is 13.1 Å². The van der Waals surface area contributed by atoms with Gasteiger partial charge in [-0.3, -0.25) is 14.4 Å². The van der Waals surface area contributed by atoms with E-state index in [2.05, 4.69) is 9.71 Å². The van der Waals surface area contributed by atoms with Gasteiger partial charge in [0.1, 0.15) is 0 Å². The van der Waals surface area contributed by atoms with Gasteiger partial charge in [-0.15, -0.1) is 0 Å². The zero-order chi connectivity index (χ0) is 23.5. The maximum Gasteiger partial charge on any atom is 0.307 e. The number of nitrogens with one attached hydrogen (secondary N) is 2. The minimum absolute atomic E-state index is 0.0959. The second-order valence-electron chi connectivity index (χ2n) is 7.42. The highest BCUT2D eigenvalue weighted by atomic mass is 32.2. The number of ketones is 2. The van der Waals surface area contributed by atoms with E-state index in [1.54, 1.807) is 26.0 Å². The zero-order valence-corrected chi connectivity index (χ0v) is 18.8. The number of hydrogen-bond acceptors (Lipinski definition) is 6. The molecule has 0 saturated heterocycles. The van der Waals surface area contributed by atoms with Crippen molar-refractivity contribution in [1.29, 1.82) is 0 Å². The number of sulfonamides is 1. The highest BCUT2D eigenvalue weighted by molar-refractivity contribution is 7.89. The van der Waals surface area contributed by atoms with Crippen LogP contribution in [-0.4, -0.2) is 44.1 Å². The minimum atomic E-state index is -3.80. The second-order valence-corrected chi connectivity index (χ2v) is 9.19. The molecule has 3 rings (SSSR count). The molecule has 0 saturated carbocycles. The van der Waals surface area contributed by atoms with Crippen LogP contribution < -0.4 is 4.72 Å². The number of carbonyl (C=O) groups is 3. The lowest BCUT2D eigenvalue weighted by Gasteiger charge is -2.08. The van der Waals surface area contributed by atoms with Crippen LogP contribution in [0.4, 0.5) is 0 Å². The van der Waals surface area contributed by atoms with E-state index in [1.807, 2.05) is 24.3 Å². The van der Waals surface area contributed by atoms with Crippen LogP contribution in [-0.2, 0) is 19.6 Å². The number of rotatable bonds is 9. The van der Waals surface area contributed by atoms with E-state index in [9.17, 15) is 22.8 Å². The van der Waals surface area contributed by atoms with Gasteiger partial charge in [-0.2, -0.15) is 0 Å². The van der Waals surface area contributed by atoms with Crippen LogP contribution in [0.1, 0.15) is 45.4 Å². The SMILES string of the molecule is CC(=O)c1c(C)[nH]c(C(=O)COC(=O)CCNS(=O)(=O)c2ccc3ccccc3c2)c1C. The summed E-state index contributed by atoms with van der Waals surface area (Å²) in [5.41, 5.74) is 1.76. The van der Waals surface area contributed by atoms with Gasteiger partial charge in [0, 0.05) is 17.8 Å². The van der Waals surface area contributed by atoms with Gasteiger partial charge < -0.3 is 9.72 Å². The van der Waals surface area contributed by atoms with Crippen molar-refractivity contribution in [2.45, 2.75) is 32.1 Å². The van der Waals surface area contributed by atoms with Gasteiger partial charge in [-0.1, -0.05) is 30.3 Å². The molecule has 1 aromatic heterocycles. The van der Waals surface area contributed by atoms with Gasteiger partial charge in [-0.05, 0) is 49.2 Å². The van der Waals surface area contributed by atoms with Crippen LogP contribution in [0.3, 0.4) is 0 Å². The van der Waals surface area contributed by atoms with E-state index < -0.39 is 28.4 Å². The summed E-state index contributed by atoms with van der Waals surface area (Å²) in [7, 11) is -3.80. The highest BCUT2D eigenvalue weighted by Crippen LogP contribution is 2.20. The molecule has 168 valence electrons. The Labute approximate surface area is 186 Å². The van der Waals surface area contributed by atoms with Crippen LogP contribution >= 0.6 is 0 Å². The summed E-state index contributed by atoms with van der Waals surface area (Å²) in [5, 5.41) is 1.71. The second kappa shape index (κ2) is 9.46. The van der Waals surface area contributed by atoms with Crippen LogP contribution in [0.2, 0.25) is 0 Å². The number of Topliss-reactive ketones (excluding diaryl/α,β-unsaturated/α-hetero) is 2. The first-order valence-electron chi connectivity index (χ1n) is 9.97. The first kappa shape index (κ1) is 23.4. The molecular weight excluding hydrogens is 432 g/mol. The molecule has 1 heterocycles. The largest absolute Gasteiger partial charge is 0.457 e. The third kappa shape index (κ3) is 5.12. The number of aryl methyl sites for hydroxylation is 1. The molecule has 0 fully saturated rings. The van der Waals surface area contributed by atoms with Crippen molar-refractivity contribution in [3.8, 4) is 0 Å². The molecule has 0 radical (unpaired) electrons. The minimum Gasteiger partial charge on any atom is -0.457 e. The van der Waals surface area contributed by atoms with Crippen LogP contribution in [0.25, 0.3) is 10.8 Å². The standard InChI is InChI=1S/C23H24N2O6S/c1-14-22(16(3)26)15(2)25-23(14)20(27)13-31-21(28)10-11-24-32(29,30)19-9-8-17-6-4-5-7-18(17)12-19/h4-9,12,24-25H,10-11,13H2,1-3H3. The maximum atomic E-state index is 12.5. The summed E-state index contributed by atoms with van der Waals surface area (Å²) in [6.45, 7) is 4.08. The number of carbonyl (C=O) groups excluding carboxylic acids is 3. The first-order chi connectivity index (χ1) is 15.1. The Bertz CT molecular complexity index is 1310. The number of aromatic amines is 1. The molecule has 0 aliphatic heterocycles. The molecule has 0 unspecified atom stereocenters. The Balaban J connectivity index is 1.53. The van der Waals surface area contributed by atoms with Gasteiger partial charge in [0.25, 0.3) is 0 Å². The van der Waals surface area contributed by atoms with Gasteiger partial charge in [0.2, 0.25) is 15.8 Å². The van der Waals surface area contributed by atoms with Gasteiger partial charge in [0.05, 0.1) is 17.0 Å². The molecule has 0 bridgehead atoms. The van der Waals surface area contributed by atoms with Crippen molar-refractivity contribution in [1.82, 2.24) is 9.71 Å². The number of esters is 1. The van der Waals surface area contributed by atoms with E-state index in [4.69, 9.17) is 4.74 Å². The van der Waals surface area contributed by atoms with Crippen molar-refractivity contribution in [2.75, 3.05) is 13.2 Å². The lowest BCUT2D eigenvalue weighted by atomic mass is 10.1. The molecule has 9 heteroatoms.